The minimum Gasteiger partial charge on any atom is -0.497 e. The normalized spacial score (nSPS) is 22.5. The van der Waals surface area contributed by atoms with E-state index in [0.717, 1.165) is 17.1 Å². The van der Waals surface area contributed by atoms with E-state index in [1.165, 1.54) is 32.1 Å². The van der Waals surface area contributed by atoms with Crippen molar-refractivity contribution in [2.75, 3.05) is 7.11 Å². The van der Waals surface area contributed by atoms with Crippen molar-refractivity contribution in [3.63, 3.8) is 0 Å². The van der Waals surface area contributed by atoms with Crippen molar-refractivity contribution in [3.8, 4) is 11.5 Å². The molecule has 1 aromatic carbocycles. The monoisotopic (exact) mass is 261 g/mol. The van der Waals surface area contributed by atoms with Crippen molar-refractivity contribution < 1.29 is 9.47 Å². The topological polar surface area (TPSA) is 44.5 Å². The van der Waals surface area contributed by atoms with Gasteiger partial charge in [0.1, 0.15) is 11.5 Å². The highest BCUT2D eigenvalue weighted by Gasteiger charge is 2.49. The van der Waals surface area contributed by atoms with Crippen LogP contribution in [0.25, 0.3) is 0 Å². The third-order valence-corrected chi connectivity index (χ3v) is 4.74. The van der Waals surface area contributed by atoms with Crippen LogP contribution in [-0.4, -0.2) is 13.2 Å². The highest BCUT2D eigenvalue weighted by molar-refractivity contribution is 5.42. The van der Waals surface area contributed by atoms with Gasteiger partial charge in [0.25, 0.3) is 0 Å². The fourth-order valence-corrected chi connectivity index (χ4v) is 3.37. The molecule has 104 valence electrons. The molecule has 2 aliphatic carbocycles. The molecule has 2 saturated carbocycles. The Morgan fingerprint density at radius 2 is 2.05 bits per heavy atom. The maximum Gasteiger partial charge on any atom is 0.128 e. The summed E-state index contributed by atoms with van der Waals surface area (Å²) in [5.74, 6) is 1.73. The first kappa shape index (κ1) is 12.8. The van der Waals surface area contributed by atoms with Gasteiger partial charge in [-0.25, -0.2) is 0 Å². The van der Waals surface area contributed by atoms with Crippen molar-refractivity contribution >= 4 is 0 Å². The fraction of sp³-hybridized carbons (Fsp3) is 0.625. The summed E-state index contributed by atoms with van der Waals surface area (Å²) in [4.78, 5) is 0. The van der Waals surface area contributed by atoms with Gasteiger partial charge in [-0.2, -0.15) is 0 Å². The average Bonchev–Trinajstić information content (AvgIpc) is 2.30. The van der Waals surface area contributed by atoms with Gasteiger partial charge in [0.05, 0.1) is 13.2 Å². The second-order valence-electron chi connectivity index (χ2n) is 6.19. The summed E-state index contributed by atoms with van der Waals surface area (Å²) < 4.78 is 11.4. The molecular weight excluding hydrogens is 238 g/mol. The third-order valence-electron chi connectivity index (χ3n) is 4.74. The molecule has 1 atom stereocenters. The Labute approximate surface area is 115 Å². The van der Waals surface area contributed by atoms with E-state index in [1.54, 1.807) is 7.11 Å². The number of rotatable bonds is 4. The lowest BCUT2D eigenvalue weighted by atomic mass is 9.55. The van der Waals surface area contributed by atoms with Crippen molar-refractivity contribution in [3.05, 3.63) is 23.8 Å². The highest BCUT2D eigenvalue weighted by Crippen LogP contribution is 2.56. The molecule has 0 aliphatic heterocycles. The Morgan fingerprint density at radius 3 is 2.58 bits per heavy atom. The lowest BCUT2D eigenvalue weighted by Gasteiger charge is -2.53. The van der Waals surface area contributed by atoms with Crippen LogP contribution in [-0.2, 0) is 0 Å². The number of methoxy groups -OCH3 is 1. The van der Waals surface area contributed by atoms with E-state index in [0.29, 0.717) is 11.5 Å². The predicted octanol–water partition coefficient (Wildman–Crippen LogP) is 3.43. The van der Waals surface area contributed by atoms with Crippen molar-refractivity contribution in [2.45, 2.75) is 51.2 Å². The van der Waals surface area contributed by atoms with Crippen molar-refractivity contribution in [1.29, 1.82) is 0 Å². The molecule has 2 aliphatic rings. The molecule has 1 spiro atoms. The van der Waals surface area contributed by atoms with Crippen LogP contribution in [0.4, 0.5) is 0 Å². The number of hydrogen-bond acceptors (Lipinski definition) is 3. The van der Waals surface area contributed by atoms with Gasteiger partial charge in [-0.15, -0.1) is 0 Å². The highest BCUT2D eigenvalue weighted by atomic mass is 16.5. The summed E-state index contributed by atoms with van der Waals surface area (Å²) in [7, 11) is 1.68. The molecule has 19 heavy (non-hydrogen) atoms. The minimum absolute atomic E-state index is 0.0151. The first-order chi connectivity index (χ1) is 9.12. The second-order valence-corrected chi connectivity index (χ2v) is 6.19. The summed E-state index contributed by atoms with van der Waals surface area (Å²) in [6, 6.07) is 5.90. The molecule has 0 heterocycles. The summed E-state index contributed by atoms with van der Waals surface area (Å²) in [5.41, 5.74) is 7.71. The van der Waals surface area contributed by atoms with Crippen molar-refractivity contribution in [1.82, 2.24) is 0 Å². The summed E-state index contributed by atoms with van der Waals surface area (Å²) in [6.45, 7) is 1.99. The zero-order chi connectivity index (χ0) is 13.5. The van der Waals surface area contributed by atoms with Crippen LogP contribution >= 0.6 is 0 Å². The van der Waals surface area contributed by atoms with Gasteiger partial charge in [-0.05, 0) is 44.1 Å². The van der Waals surface area contributed by atoms with Gasteiger partial charge in [0, 0.05) is 17.7 Å². The standard InChI is InChI=1S/C16H23NO2/c1-11(17)14-5-4-12(18-2)8-15(14)19-13-9-16(10-13)6-3-7-16/h4-5,8,11,13H,3,6-7,9-10,17H2,1-2H3/t11-/m1/s1. The van der Waals surface area contributed by atoms with E-state index in [1.807, 2.05) is 25.1 Å². The lowest BCUT2D eigenvalue weighted by molar-refractivity contribution is -0.0685. The molecule has 2 N–H and O–H groups in total. The van der Waals surface area contributed by atoms with Crippen LogP contribution in [0.5, 0.6) is 11.5 Å². The molecule has 0 unspecified atom stereocenters. The van der Waals surface area contributed by atoms with Crippen LogP contribution < -0.4 is 15.2 Å². The fourth-order valence-electron chi connectivity index (χ4n) is 3.37. The van der Waals surface area contributed by atoms with Gasteiger partial charge in [-0.3, -0.25) is 0 Å². The largest absolute Gasteiger partial charge is 0.497 e. The zero-order valence-electron chi connectivity index (χ0n) is 11.8. The van der Waals surface area contributed by atoms with E-state index < -0.39 is 0 Å². The lowest BCUT2D eigenvalue weighted by Crippen LogP contribution is -2.48. The number of benzene rings is 1. The molecule has 2 fully saturated rings. The van der Waals surface area contributed by atoms with E-state index >= 15 is 0 Å². The van der Waals surface area contributed by atoms with Crippen LogP contribution in [0, 0.1) is 5.41 Å². The summed E-state index contributed by atoms with van der Waals surface area (Å²) in [5, 5.41) is 0. The van der Waals surface area contributed by atoms with Crippen LogP contribution in [0.2, 0.25) is 0 Å². The Morgan fingerprint density at radius 1 is 1.32 bits per heavy atom. The Kier molecular flexibility index (Phi) is 3.17. The third kappa shape index (κ3) is 2.32. The first-order valence-electron chi connectivity index (χ1n) is 7.22. The number of nitrogens with two attached hydrogens (primary N) is 1. The predicted molar refractivity (Wildman–Crippen MR) is 75.5 cm³/mol. The van der Waals surface area contributed by atoms with Crippen molar-refractivity contribution in [2.24, 2.45) is 11.1 Å². The maximum absolute atomic E-state index is 6.16. The zero-order valence-corrected chi connectivity index (χ0v) is 11.8. The quantitative estimate of drug-likeness (QED) is 0.903. The van der Waals surface area contributed by atoms with E-state index in [2.05, 4.69) is 0 Å². The molecule has 0 amide bonds. The number of ether oxygens (including phenoxy) is 2. The second kappa shape index (κ2) is 4.71. The molecule has 0 bridgehead atoms. The smallest absolute Gasteiger partial charge is 0.128 e. The molecule has 1 aromatic rings. The maximum atomic E-state index is 6.16. The van der Waals surface area contributed by atoms with Gasteiger partial charge < -0.3 is 15.2 Å². The minimum atomic E-state index is -0.0151. The molecular formula is C16H23NO2. The first-order valence-corrected chi connectivity index (χ1v) is 7.22. The van der Waals surface area contributed by atoms with Crippen LogP contribution in [0.15, 0.2) is 18.2 Å². The van der Waals surface area contributed by atoms with Gasteiger partial charge in [0.15, 0.2) is 0 Å². The number of hydrogen-bond donors (Lipinski definition) is 1. The molecule has 0 radical (unpaired) electrons. The Balaban J connectivity index is 1.71. The SMILES string of the molecule is COc1ccc([C@@H](C)N)c(OC2CC3(CCC3)C2)c1. The molecule has 0 aromatic heterocycles. The van der Waals surface area contributed by atoms with Gasteiger partial charge in [0.2, 0.25) is 0 Å². The van der Waals surface area contributed by atoms with E-state index in [9.17, 15) is 0 Å². The Bertz CT molecular complexity index is 458. The van der Waals surface area contributed by atoms with Gasteiger partial charge >= 0.3 is 0 Å². The van der Waals surface area contributed by atoms with Crippen LogP contribution in [0.1, 0.15) is 50.6 Å². The van der Waals surface area contributed by atoms with E-state index in [4.69, 9.17) is 15.2 Å². The Hall–Kier alpha value is -1.22. The summed E-state index contributed by atoms with van der Waals surface area (Å²) >= 11 is 0. The summed E-state index contributed by atoms with van der Waals surface area (Å²) in [6.07, 6.45) is 6.98. The van der Waals surface area contributed by atoms with E-state index in [-0.39, 0.29) is 6.04 Å². The molecule has 3 rings (SSSR count). The molecule has 3 nitrogen and oxygen atoms in total. The molecule has 0 saturated heterocycles. The molecule has 3 heteroatoms. The van der Waals surface area contributed by atoms with Crippen LogP contribution in [0.3, 0.4) is 0 Å². The average molecular weight is 261 g/mol. The van der Waals surface area contributed by atoms with Gasteiger partial charge in [-0.1, -0.05) is 12.5 Å².